The third-order valence-electron chi connectivity index (χ3n) is 3.55. The number of ketones is 1. The molecule has 1 heterocycles. The molecule has 3 nitrogen and oxygen atoms in total. The number of H-pyrrole nitrogens is 1. The second-order valence-electron chi connectivity index (χ2n) is 5.00. The quantitative estimate of drug-likeness (QED) is 0.650. The van der Waals surface area contributed by atoms with Gasteiger partial charge in [0.2, 0.25) is 5.56 Å². The van der Waals surface area contributed by atoms with Crippen LogP contribution < -0.4 is 5.56 Å². The Hall–Kier alpha value is -2.63. The lowest BCUT2D eigenvalue weighted by atomic mass is 9.89. The first-order valence-electron chi connectivity index (χ1n) is 6.58. The van der Waals surface area contributed by atoms with E-state index in [4.69, 9.17) is 0 Å². The molecule has 0 unspecified atom stereocenters. The van der Waals surface area contributed by atoms with Crippen LogP contribution in [0, 0.1) is 17.5 Å². The van der Waals surface area contributed by atoms with E-state index in [0.717, 1.165) is 0 Å². The molecule has 0 saturated carbocycles. The first-order valence-corrected chi connectivity index (χ1v) is 6.58. The summed E-state index contributed by atoms with van der Waals surface area (Å²) in [4.78, 5) is 26.1. The predicted octanol–water partition coefficient (Wildman–Crippen LogP) is 3.00. The SMILES string of the molecule is O=C1C(=Cc2cc(F)c(F)cc2F)CCc2[nH]c(=O)ccc21. The van der Waals surface area contributed by atoms with Crippen molar-refractivity contribution in [2.75, 3.05) is 0 Å². The Balaban J connectivity index is 2.04. The minimum absolute atomic E-state index is 0.185. The molecule has 2 aromatic rings. The molecule has 0 aliphatic heterocycles. The Kier molecular flexibility index (Phi) is 3.44. The summed E-state index contributed by atoms with van der Waals surface area (Å²) in [6.07, 6.45) is 1.91. The summed E-state index contributed by atoms with van der Waals surface area (Å²) < 4.78 is 39.8. The lowest BCUT2D eigenvalue weighted by Crippen LogP contribution is -2.20. The highest BCUT2D eigenvalue weighted by Crippen LogP contribution is 2.26. The van der Waals surface area contributed by atoms with E-state index in [0.29, 0.717) is 29.8 Å². The summed E-state index contributed by atoms with van der Waals surface area (Å²) in [5.41, 5.74) is 0.658. The van der Waals surface area contributed by atoms with Crippen molar-refractivity contribution in [2.24, 2.45) is 0 Å². The number of carbonyl (C=O) groups excluding carboxylic acids is 1. The van der Waals surface area contributed by atoms with Crippen LogP contribution in [0.2, 0.25) is 0 Å². The van der Waals surface area contributed by atoms with Crippen molar-refractivity contribution in [3.8, 4) is 0 Å². The number of carbonyl (C=O) groups is 1. The molecule has 0 fully saturated rings. The molecule has 0 spiro atoms. The molecule has 22 heavy (non-hydrogen) atoms. The Morgan fingerprint density at radius 1 is 0.955 bits per heavy atom. The fraction of sp³-hybridized carbons (Fsp3) is 0.125. The maximum absolute atomic E-state index is 13.7. The number of pyridine rings is 1. The molecule has 0 atom stereocenters. The van der Waals surface area contributed by atoms with Crippen LogP contribution in [0.5, 0.6) is 0 Å². The predicted molar refractivity (Wildman–Crippen MR) is 74.0 cm³/mol. The van der Waals surface area contributed by atoms with Crippen LogP contribution in [0.4, 0.5) is 13.2 Å². The smallest absolute Gasteiger partial charge is 0.248 e. The third-order valence-corrected chi connectivity index (χ3v) is 3.55. The van der Waals surface area contributed by atoms with E-state index < -0.39 is 17.5 Å². The fourth-order valence-electron chi connectivity index (χ4n) is 2.45. The highest BCUT2D eigenvalue weighted by atomic mass is 19.2. The number of fused-ring (bicyclic) bond motifs is 1. The van der Waals surface area contributed by atoms with Gasteiger partial charge in [-0.3, -0.25) is 9.59 Å². The van der Waals surface area contributed by atoms with Gasteiger partial charge in [0.25, 0.3) is 0 Å². The number of aromatic nitrogens is 1. The molecule has 1 aliphatic rings. The number of aromatic amines is 1. The van der Waals surface area contributed by atoms with Gasteiger partial charge in [-0.25, -0.2) is 13.2 Å². The van der Waals surface area contributed by atoms with Crippen LogP contribution in [0.15, 0.2) is 34.6 Å². The van der Waals surface area contributed by atoms with Crippen molar-refractivity contribution >= 4 is 11.9 Å². The van der Waals surface area contributed by atoms with Crippen LogP contribution in [0.3, 0.4) is 0 Å². The number of rotatable bonds is 1. The van der Waals surface area contributed by atoms with Gasteiger partial charge in [-0.05, 0) is 31.1 Å². The topological polar surface area (TPSA) is 49.9 Å². The minimum atomic E-state index is -1.28. The van der Waals surface area contributed by atoms with E-state index in [9.17, 15) is 22.8 Å². The molecule has 0 bridgehead atoms. The zero-order valence-electron chi connectivity index (χ0n) is 11.3. The molecule has 1 aliphatic carbocycles. The van der Waals surface area contributed by atoms with Gasteiger partial charge in [-0.15, -0.1) is 0 Å². The van der Waals surface area contributed by atoms with Crippen molar-refractivity contribution < 1.29 is 18.0 Å². The molecule has 1 aromatic heterocycles. The van der Waals surface area contributed by atoms with Gasteiger partial charge in [0.05, 0.1) is 0 Å². The molecular formula is C16H10F3NO2. The second kappa shape index (κ2) is 5.29. The van der Waals surface area contributed by atoms with E-state index in [1.807, 2.05) is 0 Å². The van der Waals surface area contributed by atoms with Crippen LogP contribution >= 0.6 is 0 Å². The number of nitrogens with one attached hydrogen (secondary N) is 1. The average Bonchev–Trinajstić information content (AvgIpc) is 2.47. The first kappa shape index (κ1) is 14.3. The second-order valence-corrected chi connectivity index (χ2v) is 5.00. The van der Waals surface area contributed by atoms with E-state index in [2.05, 4.69) is 4.98 Å². The highest BCUT2D eigenvalue weighted by Gasteiger charge is 2.23. The van der Waals surface area contributed by atoms with Gasteiger partial charge in [0.15, 0.2) is 17.4 Å². The summed E-state index contributed by atoms with van der Waals surface area (Å²) in [7, 11) is 0. The van der Waals surface area contributed by atoms with E-state index >= 15 is 0 Å². The lowest BCUT2D eigenvalue weighted by molar-refractivity contribution is 0.102. The monoisotopic (exact) mass is 305 g/mol. The van der Waals surface area contributed by atoms with Gasteiger partial charge in [0.1, 0.15) is 5.82 Å². The average molecular weight is 305 g/mol. The summed E-state index contributed by atoms with van der Waals surface area (Å²) in [6.45, 7) is 0. The summed E-state index contributed by atoms with van der Waals surface area (Å²) in [6, 6.07) is 3.80. The maximum Gasteiger partial charge on any atom is 0.248 e. The van der Waals surface area contributed by atoms with Crippen molar-refractivity contribution in [3.05, 3.63) is 74.5 Å². The number of benzene rings is 1. The Morgan fingerprint density at radius 3 is 2.45 bits per heavy atom. The fourth-order valence-corrected chi connectivity index (χ4v) is 2.45. The molecule has 112 valence electrons. The zero-order chi connectivity index (χ0) is 15.9. The van der Waals surface area contributed by atoms with E-state index in [-0.39, 0.29) is 28.9 Å². The highest BCUT2D eigenvalue weighted by molar-refractivity contribution is 6.12. The number of hydrogen-bond donors (Lipinski definition) is 1. The summed E-state index contributed by atoms with van der Waals surface area (Å²) >= 11 is 0. The van der Waals surface area contributed by atoms with Gasteiger partial charge in [-0.1, -0.05) is 0 Å². The van der Waals surface area contributed by atoms with Crippen LogP contribution in [0.25, 0.3) is 6.08 Å². The summed E-state index contributed by atoms with van der Waals surface area (Å²) in [5.74, 6) is -3.76. The van der Waals surface area contributed by atoms with Gasteiger partial charge < -0.3 is 4.98 Å². The van der Waals surface area contributed by atoms with E-state index in [1.54, 1.807) is 0 Å². The van der Waals surface area contributed by atoms with Crippen LogP contribution in [0.1, 0.15) is 28.0 Å². The number of aryl methyl sites for hydroxylation is 1. The Labute approximate surface area is 123 Å². The zero-order valence-corrected chi connectivity index (χ0v) is 11.3. The number of hydrogen-bond acceptors (Lipinski definition) is 2. The van der Waals surface area contributed by atoms with Crippen molar-refractivity contribution in [1.82, 2.24) is 4.98 Å². The van der Waals surface area contributed by atoms with Crippen molar-refractivity contribution in [3.63, 3.8) is 0 Å². The molecular weight excluding hydrogens is 295 g/mol. The van der Waals surface area contributed by atoms with Crippen molar-refractivity contribution in [2.45, 2.75) is 12.8 Å². The van der Waals surface area contributed by atoms with Gasteiger partial charge in [0, 0.05) is 34.5 Å². The van der Waals surface area contributed by atoms with Crippen LogP contribution in [-0.4, -0.2) is 10.8 Å². The van der Waals surface area contributed by atoms with E-state index in [1.165, 1.54) is 18.2 Å². The minimum Gasteiger partial charge on any atom is -0.325 e. The lowest BCUT2D eigenvalue weighted by Gasteiger charge is -2.16. The third kappa shape index (κ3) is 2.47. The molecule has 3 rings (SSSR count). The number of Topliss-reactive ketones (excluding diaryl/α,β-unsaturated/α-hetero) is 1. The van der Waals surface area contributed by atoms with Gasteiger partial charge >= 0.3 is 0 Å². The van der Waals surface area contributed by atoms with Gasteiger partial charge in [-0.2, -0.15) is 0 Å². The molecule has 1 N–H and O–H groups in total. The number of allylic oxidation sites excluding steroid dienone is 1. The Bertz CT molecular complexity index is 868. The first-order chi connectivity index (χ1) is 10.5. The molecule has 0 saturated heterocycles. The normalized spacial score (nSPS) is 16.0. The Morgan fingerprint density at radius 2 is 1.68 bits per heavy atom. The molecule has 0 radical (unpaired) electrons. The number of halogens is 3. The summed E-state index contributed by atoms with van der Waals surface area (Å²) in [5, 5.41) is 0. The van der Waals surface area contributed by atoms with Crippen molar-refractivity contribution in [1.29, 1.82) is 0 Å². The van der Waals surface area contributed by atoms with Crippen LogP contribution in [-0.2, 0) is 6.42 Å². The maximum atomic E-state index is 13.7. The molecule has 0 amide bonds. The largest absolute Gasteiger partial charge is 0.325 e. The molecule has 6 heteroatoms. The standard InChI is InChI=1S/C16H10F3NO2/c17-11-7-13(19)12(18)6-9(11)5-8-1-3-14-10(16(8)22)2-4-15(21)20-14/h2,4-7H,1,3H2,(H,20,21). The molecule has 1 aromatic carbocycles.